The Morgan fingerprint density at radius 1 is 1.50 bits per heavy atom. The first-order valence-corrected chi connectivity index (χ1v) is 4.46. The van der Waals surface area contributed by atoms with Gasteiger partial charge in [0.2, 0.25) is 0 Å². The Morgan fingerprint density at radius 3 is 2.79 bits per heavy atom. The van der Waals surface area contributed by atoms with Gasteiger partial charge in [0.15, 0.2) is 0 Å². The molecule has 1 fully saturated rings. The molecule has 0 bridgehead atoms. The topological polar surface area (TPSA) is 72.5 Å². The number of benzene rings is 1. The molecule has 0 unspecified atom stereocenters. The smallest absolute Gasteiger partial charge is 0.337 e. The molecule has 0 spiro atoms. The highest BCUT2D eigenvalue weighted by atomic mass is 16.5. The number of rotatable bonds is 3. The van der Waals surface area contributed by atoms with E-state index in [2.05, 4.69) is 0 Å². The van der Waals surface area contributed by atoms with Crippen molar-refractivity contribution in [3.8, 4) is 5.75 Å². The minimum absolute atomic E-state index is 0.100. The molecule has 1 saturated carbocycles. The lowest BCUT2D eigenvalue weighted by Gasteiger charge is -2.06. The van der Waals surface area contributed by atoms with Crippen molar-refractivity contribution in [1.29, 1.82) is 0 Å². The van der Waals surface area contributed by atoms with E-state index < -0.39 is 5.97 Å². The number of hydrogen-bond acceptors (Lipinski definition) is 3. The third-order valence-electron chi connectivity index (χ3n) is 2.08. The van der Waals surface area contributed by atoms with Gasteiger partial charge in [-0.2, -0.15) is 0 Å². The molecule has 0 amide bonds. The highest BCUT2D eigenvalue weighted by molar-refractivity contribution is 5.94. The number of aromatic carboxylic acids is 1. The van der Waals surface area contributed by atoms with Gasteiger partial charge in [0.1, 0.15) is 5.75 Å². The van der Waals surface area contributed by atoms with Crippen molar-refractivity contribution in [2.75, 3.05) is 5.73 Å². The van der Waals surface area contributed by atoms with Gasteiger partial charge in [-0.25, -0.2) is 4.79 Å². The van der Waals surface area contributed by atoms with Crippen LogP contribution in [0.5, 0.6) is 5.75 Å². The fourth-order valence-electron chi connectivity index (χ4n) is 1.17. The molecule has 1 aromatic rings. The molecule has 2 rings (SSSR count). The first-order valence-electron chi connectivity index (χ1n) is 4.46. The van der Waals surface area contributed by atoms with Crippen LogP contribution in [0.2, 0.25) is 0 Å². The molecule has 3 N–H and O–H groups in total. The second-order valence-corrected chi connectivity index (χ2v) is 3.37. The van der Waals surface area contributed by atoms with Crippen LogP contribution in [0.4, 0.5) is 5.69 Å². The highest BCUT2D eigenvalue weighted by Gasteiger charge is 2.23. The van der Waals surface area contributed by atoms with Gasteiger partial charge < -0.3 is 15.6 Å². The van der Waals surface area contributed by atoms with Gasteiger partial charge in [0.25, 0.3) is 0 Å². The number of nitrogen functional groups attached to an aromatic ring is 1. The first kappa shape index (κ1) is 8.87. The van der Waals surface area contributed by atoms with Crippen molar-refractivity contribution in [3.05, 3.63) is 23.8 Å². The number of carboxylic acid groups (broad SMARTS) is 1. The first-order chi connectivity index (χ1) is 6.66. The molecule has 1 aliphatic rings. The Bertz CT molecular complexity index is 372. The molecule has 0 radical (unpaired) electrons. The lowest BCUT2D eigenvalue weighted by molar-refractivity contribution is 0.0697. The average molecular weight is 193 g/mol. The molecule has 0 aromatic heterocycles. The van der Waals surface area contributed by atoms with Crippen molar-refractivity contribution in [2.24, 2.45) is 0 Å². The minimum Gasteiger partial charge on any atom is -0.490 e. The van der Waals surface area contributed by atoms with Crippen LogP contribution in [-0.2, 0) is 0 Å². The Labute approximate surface area is 81.3 Å². The molecule has 1 aliphatic carbocycles. The summed E-state index contributed by atoms with van der Waals surface area (Å²) < 4.78 is 5.45. The van der Waals surface area contributed by atoms with Crippen molar-refractivity contribution >= 4 is 11.7 Å². The second-order valence-electron chi connectivity index (χ2n) is 3.37. The quantitative estimate of drug-likeness (QED) is 0.713. The second kappa shape index (κ2) is 3.21. The number of nitrogens with two attached hydrogens (primary N) is 1. The van der Waals surface area contributed by atoms with Crippen LogP contribution < -0.4 is 10.5 Å². The van der Waals surface area contributed by atoms with E-state index in [9.17, 15) is 4.79 Å². The zero-order chi connectivity index (χ0) is 10.1. The summed E-state index contributed by atoms with van der Waals surface area (Å²) in [5, 5.41) is 8.80. The molecule has 4 nitrogen and oxygen atoms in total. The van der Waals surface area contributed by atoms with E-state index in [0.29, 0.717) is 5.75 Å². The van der Waals surface area contributed by atoms with Crippen LogP contribution in [-0.4, -0.2) is 17.2 Å². The van der Waals surface area contributed by atoms with E-state index in [4.69, 9.17) is 15.6 Å². The summed E-state index contributed by atoms with van der Waals surface area (Å²) in [7, 11) is 0. The van der Waals surface area contributed by atoms with Gasteiger partial charge in [-0.1, -0.05) is 0 Å². The molecule has 1 aromatic carbocycles. The van der Waals surface area contributed by atoms with E-state index in [-0.39, 0.29) is 17.4 Å². The maximum absolute atomic E-state index is 10.7. The Morgan fingerprint density at radius 2 is 2.21 bits per heavy atom. The van der Waals surface area contributed by atoms with Crippen LogP contribution in [0.1, 0.15) is 23.2 Å². The predicted octanol–water partition coefficient (Wildman–Crippen LogP) is 1.51. The standard InChI is InChI=1S/C10H11NO3/c11-9-4-3-7(14-6-1-2-6)5-8(9)10(12)13/h3-6H,1-2,11H2,(H,12,13). The predicted molar refractivity (Wildman–Crippen MR) is 51.5 cm³/mol. The molecule has 0 atom stereocenters. The van der Waals surface area contributed by atoms with Crippen molar-refractivity contribution < 1.29 is 14.6 Å². The van der Waals surface area contributed by atoms with E-state index in [1.54, 1.807) is 12.1 Å². The van der Waals surface area contributed by atoms with Crippen LogP contribution in [0.3, 0.4) is 0 Å². The van der Waals surface area contributed by atoms with Gasteiger partial charge >= 0.3 is 5.97 Å². The summed E-state index contributed by atoms with van der Waals surface area (Å²) in [5.41, 5.74) is 5.87. The average Bonchev–Trinajstić information content (AvgIpc) is 2.92. The van der Waals surface area contributed by atoms with Gasteiger partial charge in [-0.15, -0.1) is 0 Å². The Hall–Kier alpha value is -1.71. The number of anilines is 1. The zero-order valence-electron chi connectivity index (χ0n) is 7.56. The zero-order valence-corrected chi connectivity index (χ0v) is 7.56. The van der Waals surface area contributed by atoms with E-state index in [1.165, 1.54) is 6.07 Å². The fourth-order valence-corrected chi connectivity index (χ4v) is 1.17. The van der Waals surface area contributed by atoms with Gasteiger partial charge in [0, 0.05) is 5.69 Å². The van der Waals surface area contributed by atoms with Crippen LogP contribution in [0.15, 0.2) is 18.2 Å². The highest BCUT2D eigenvalue weighted by Crippen LogP contribution is 2.28. The number of carboxylic acids is 1. The van der Waals surface area contributed by atoms with Gasteiger partial charge in [0.05, 0.1) is 11.7 Å². The molecule has 74 valence electrons. The summed E-state index contributed by atoms with van der Waals surface area (Å²) >= 11 is 0. The third-order valence-corrected chi connectivity index (χ3v) is 2.08. The van der Waals surface area contributed by atoms with Crippen LogP contribution in [0, 0.1) is 0 Å². The fraction of sp³-hybridized carbons (Fsp3) is 0.300. The van der Waals surface area contributed by atoms with Crippen molar-refractivity contribution in [2.45, 2.75) is 18.9 Å². The normalized spacial score (nSPS) is 15.1. The molecular weight excluding hydrogens is 182 g/mol. The lowest BCUT2D eigenvalue weighted by atomic mass is 10.2. The van der Waals surface area contributed by atoms with E-state index in [0.717, 1.165) is 12.8 Å². The maximum atomic E-state index is 10.7. The SMILES string of the molecule is Nc1ccc(OC2CC2)cc1C(=O)O. The van der Waals surface area contributed by atoms with Gasteiger partial charge in [-0.05, 0) is 31.0 Å². The molecule has 4 heteroatoms. The molecule has 0 saturated heterocycles. The minimum atomic E-state index is -1.02. The van der Waals surface area contributed by atoms with Crippen molar-refractivity contribution in [3.63, 3.8) is 0 Å². The van der Waals surface area contributed by atoms with Crippen molar-refractivity contribution in [1.82, 2.24) is 0 Å². The van der Waals surface area contributed by atoms with E-state index >= 15 is 0 Å². The molecule has 0 heterocycles. The molecular formula is C10H11NO3. The molecule has 14 heavy (non-hydrogen) atoms. The summed E-state index contributed by atoms with van der Waals surface area (Å²) in [6, 6.07) is 4.72. The maximum Gasteiger partial charge on any atom is 0.337 e. The summed E-state index contributed by atoms with van der Waals surface area (Å²) in [6.45, 7) is 0. The third kappa shape index (κ3) is 1.79. The molecule has 0 aliphatic heterocycles. The number of carbonyl (C=O) groups is 1. The Balaban J connectivity index is 2.24. The van der Waals surface area contributed by atoms with Gasteiger partial charge in [-0.3, -0.25) is 0 Å². The van der Waals surface area contributed by atoms with Crippen LogP contribution in [0.25, 0.3) is 0 Å². The number of hydrogen-bond donors (Lipinski definition) is 2. The summed E-state index contributed by atoms with van der Waals surface area (Å²) in [4.78, 5) is 10.7. The number of ether oxygens (including phenoxy) is 1. The monoisotopic (exact) mass is 193 g/mol. The summed E-state index contributed by atoms with van der Waals surface area (Å²) in [5.74, 6) is -0.442. The Kier molecular flexibility index (Phi) is 2.04. The largest absolute Gasteiger partial charge is 0.490 e. The van der Waals surface area contributed by atoms with E-state index in [1.807, 2.05) is 0 Å². The summed E-state index contributed by atoms with van der Waals surface area (Å²) in [6.07, 6.45) is 2.36. The van der Waals surface area contributed by atoms with Crippen LogP contribution >= 0.6 is 0 Å². The lowest BCUT2D eigenvalue weighted by Crippen LogP contribution is -2.04.